The zero-order valence-corrected chi connectivity index (χ0v) is 6.45. The molecule has 0 fully saturated rings. The Morgan fingerprint density at radius 3 is 2.75 bits per heavy atom. The largest absolute Gasteiger partial charge is 0.351 e. The van der Waals surface area contributed by atoms with E-state index < -0.39 is 6.03 Å². The second-order valence-corrected chi connectivity index (χ2v) is 2.20. The third-order valence-electron chi connectivity index (χ3n) is 1.25. The number of hydrogen-bond donors (Lipinski definition) is 3. The minimum Gasteiger partial charge on any atom is -0.351 e. The number of carbonyl (C=O) groups excluding carboxylic acids is 1. The minimum atomic E-state index is -0.593. The van der Waals surface area contributed by atoms with Crippen molar-refractivity contribution >= 4 is 6.03 Å². The van der Waals surface area contributed by atoms with Crippen molar-refractivity contribution in [2.45, 2.75) is 6.54 Å². The Morgan fingerprint density at radius 2 is 2.17 bits per heavy atom. The number of nitrogens with zero attached hydrogens (tertiary/aromatic N) is 1. The van der Waals surface area contributed by atoms with Crippen LogP contribution in [0.2, 0.25) is 0 Å². The van der Waals surface area contributed by atoms with Crippen LogP contribution in [0.15, 0.2) is 24.5 Å². The topological polar surface area (TPSA) is 80.0 Å². The first-order valence-electron chi connectivity index (χ1n) is 3.46. The number of carbonyl (C=O) groups is 1. The molecule has 0 aliphatic rings. The number of nitrogens with one attached hydrogen (secondary N) is 2. The van der Waals surface area contributed by atoms with E-state index >= 15 is 0 Å². The molecule has 0 saturated heterocycles. The molecule has 2 amide bonds. The van der Waals surface area contributed by atoms with Crippen LogP contribution in [-0.2, 0) is 6.54 Å². The normalized spacial score (nSPS) is 9.33. The molecule has 1 aromatic rings. The summed E-state index contributed by atoms with van der Waals surface area (Å²) >= 11 is 0. The molecular formula is C7H10N4O. The van der Waals surface area contributed by atoms with Gasteiger partial charge in [-0.1, -0.05) is 0 Å². The van der Waals surface area contributed by atoms with Crippen LogP contribution in [0, 0.1) is 0 Å². The Labute approximate surface area is 70.0 Å². The van der Waals surface area contributed by atoms with Crippen LogP contribution in [0.1, 0.15) is 5.56 Å². The van der Waals surface area contributed by atoms with E-state index in [-0.39, 0.29) is 0 Å². The highest BCUT2D eigenvalue weighted by molar-refractivity contribution is 5.70. The molecule has 4 N–H and O–H groups in total. The Bertz CT molecular complexity index is 249. The molecule has 0 aliphatic carbocycles. The molecule has 1 heterocycles. The highest BCUT2D eigenvalue weighted by Crippen LogP contribution is 1.93. The summed E-state index contributed by atoms with van der Waals surface area (Å²) in [6.07, 6.45) is 3.36. The van der Waals surface area contributed by atoms with E-state index in [1.54, 1.807) is 12.4 Å². The maximum atomic E-state index is 10.2. The number of amides is 2. The van der Waals surface area contributed by atoms with Crippen LogP contribution < -0.4 is 16.6 Å². The summed E-state index contributed by atoms with van der Waals surface area (Å²) in [5, 5.41) is 0. The van der Waals surface area contributed by atoms with E-state index in [1.165, 1.54) is 0 Å². The monoisotopic (exact) mass is 166 g/mol. The summed E-state index contributed by atoms with van der Waals surface area (Å²) in [5.41, 5.74) is 10.8. The lowest BCUT2D eigenvalue weighted by molar-refractivity contribution is 0.244. The molecule has 0 radical (unpaired) electrons. The fraction of sp³-hybridized carbons (Fsp3) is 0.143. The summed E-state index contributed by atoms with van der Waals surface area (Å²) in [4.78, 5) is 14.1. The Morgan fingerprint density at radius 1 is 1.50 bits per heavy atom. The molecule has 5 nitrogen and oxygen atoms in total. The van der Waals surface area contributed by atoms with E-state index in [2.05, 4.69) is 15.8 Å². The van der Waals surface area contributed by atoms with Crippen LogP contribution in [0.4, 0.5) is 4.79 Å². The van der Waals surface area contributed by atoms with Gasteiger partial charge in [-0.2, -0.15) is 0 Å². The number of hydrazine groups is 1. The zero-order chi connectivity index (χ0) is 8.81. The highest BCUT2D eigenvalue weighted by Gasteiger charge is 1.91. The first kappa shape index (κ1) is 8.48. The molecule has 0 aromatic carbocycles. The predicted octanol–water partition coefficient (Wildman–Crippen LogP) is -0.246. The van der Waals surface area contributed by atoms with Gasteiger partial charge in [0, 0.05) is 18.9 Å². The van der Waals surface area contributed by atoms with Crippen LogP contribution in [-0.4, -0.2) is 11.0 Å². The minimum absolute atomic E-state index is 0.533. The number of primary amides is 1. The predicted molar refractivity (Wildman–Crippen MR) is 43.8 cm³/mol. The molecule has 0 saturated carbocycles. The molecule has 0 aliphatic heterocycles. The van der Waals surface area contributed by atoms with Gasteiger partial charge in [-0.05, 0) is 17.7 Å². The molecule has 0 atom stereocenters. The Balaban J connectivity index is 2.29. The molecular weight excluding hydrogens is 156 g/mol. The number of urea groups is 1. The van der Waals surface area contributed by atoms with Crippen molar-refractivity contribution in [3.8, 4) is 0 Å². The van der Waals surface area contributed by atoms with Gasteiger partial charge < -0.3 is 5.73 Å². The van der Waals surface area contributed by atoms with E-state index in [4.69, 9.17) is 5.73 Å². The highest BCUT2D eigenvalue weighted by atomic mass is 16.2. The molecule has 5 heteroatoms. The molecule has 1 aromatic heterocycles. The summed E-state index contributed by atoms with van der Waals surface area (Å²) in [6.45, 7) is 0.533. The second-order valence-electron chi connectivity index (χ2n) is 2.20. The second kappa shape index (κ2) is 4.30. The summed E-state index contributed by atoms with van der Waals surface area (Å²) in [7, 11) is 0. The van der Waals surface area contributed by atoms with Gasteiger partial charge in [0.15, 0.2) is 0 Å². The summed E-state index contributed by atoms with van der Waals surface area (Å²) in [5.74, 6) is 0. The first-order chi connectivity index (χ1) is 5.79. The fourth-order valence-electron chi connectivity index (χ4n) is 0.734. The Kier molecular flexibility index (Phi) is 3.04. The lowest BCUT2D eigenvalue weighted by Gasteiger charge is -2.03. The van der Waals surface area contributed by atoms with Crippen LogP contribution >= 0.6 is 0 Å². The van der Waals surface area contributed by atoms with E-state index in [0.717, 1.165) is 5.56 Å². The van der Waals surface area contributed by atoms with Crippen molar-refractivity contribution < 1.29 is 4.79 Å². The molecule has 0 bridgehead atoms. The number of pyridine rings is 1. The lowest BCUT2D eigenvalue weighted by atomic mass is 10.3. The summed E-state index contributed by atoms with van der Waals surface area (Å²) in [6, 6.07) is 3.09. The van der Waals surface area contributed by atoms with Crippen molar-refractivity contribution in [2.75, 3.05) is 0 Å². The van der Waals surface area contributed by atoms with E-state index in [9.17, 15) is 4.79 Å². The van der Waals surface area contributed by atoms with Crippen molar-refractivity contribution in [1.29, 1.82) is 0 Å². The molecule has 12 heavy (non-hydrogen) atoms. The maximum absolute atomic E-state index is 10.2. The van der Waals surface area contributed by atoms with Gasteiger partial charge in [-0.25, -0.2) is 10.2 Å². The standard InChI is InChI=1S/C7H10N4O/c8-7(12)11-10-5-6-1-3-9-4-2-6/h1-4,10H,5H2,(H3,8,11,12). The van der Waals surface area contributed by atoms with Gasteiger partial charge >= 0.3 is 6.03 Å². The number of aromatic nitrogens is 1. The number of rotatable bonds is 3. The third-order valence-corrected chi connectivity index (χ3v) is 1.25. The van der Waals surface area contributed by atoms with Gasteiger partial charge in [-0.3, -0.25) is 10.4 Å². The molecule has 0 spiro atoms. The number of nitrogens with two attached hydrogens (primary N) is 1. The SMILES string of the molecule is NC(=O)NNCc1ccncc1. The Hall–Kier alpha value is -1.62. The van der Waals surface area contributed by atoms with Crippen molar-refractivity contribution in [2.24, 2.45) is 5.73 Å². The van der Waals surface area contributed by atoms with Crippen LogP contribution in [0.5, 0.6) is 0 Å². The van der Waals surface area contributed by atoms with Crippen molar-refractivity contribution in [3.05, 3.63) is 30.1 Å². The van der Waals surface area contributed by atoms with E-state index in [1.807, 2.05) is 12.1 Å². The maximum Gasteiger partial charge on any atom is 0.326 e. The smallest absolute Gasteiger partial charge is 0.326 e. The van der Waals surface area contributed by atoms with Crippen LogP contribution in [0.25, 0.3) is 0 Å². The first-order valence-corrected chi connectivity index (χ1v) is 3.46. The number of hydrogen-bond acceptors (Lipinski definition) is 3. The molecule has 64 valence electrons. The van der Waals surface area contributed by atoms with Crippen molar-refractivity contribution in [3.63, 3.8) is 0 Å². The molecule has 1 rings (SSSR count). The van der Waals surface area contributed by atoms with Gasteiger partial charge in [0.1, 0.15) is 0 Å². The van der Waals surface area contributed by atoms with Gasteiger partial charge in [0.25, 0.3) is 0 Å². The van der Waals surface area contributed by atoms with Crippen LogP contribution in [0.3, 0.4) is 0 Å². The third kappa shape index (κ3) is 2.98. The average Bonchev–Trinajstić information content (AvgIpc) is 2.05. The summed E-state index contributed by atoms with van der Waals surface area (Å²) < 4.78 is 0. The van der Waals surface area contributed by atoms with Gasteiger partial charge in [0.2, 0.25) is 0 Å². The quantitative estimate of drug-likeness (QED) is 0.542. The van der Waals surface area contributed by atoms with Gasteiger partial charge in [-0.15, -0.1) is 0 Å². The average molecular weight is 166 g/mol. The fourth-order valence-corrected chi connectivity index (χ4v) is 0.734. The van der Waals surface area contributed by atoms with Gasteiger partial charge in [0.05, 0.1) is 0 Å². The zero-order valence-electron chi connectivity index (χ0n) is 6.45. The lowest BCUT2D eigenvalue weighted by Crippen LogP contribution is -2.40. The van der Waals surface area contributed by atoms with Crippen molar-refractivity contribution in [1.82, 2.24) is 15.8 Å². The molecule has 0 unspecified atom stereocenters. The van der Waals surface area contributed by atoms with E-state index in [0.29, 0.717) is 6.54 Å².